The van der Waals surface area contributed by atoms with E-state index in [4.69, 9.17) is 5.11 Å². The van der Waals surface area contributed by atoms with E-state index in [0.717, 1.165) is 0 Å². The van der Waals surface area contributed by atoms with Crippen molar-refractivity contribution in [1.29, 1.82) is 0 Å². The third-order valence-corrected chi connectivity index (χ3v) is 1.66. The first-order chi connectivity index (χ1) is 4.46. The van der Waals surface area contributed by atoms with Crippen LogP contribution in [-0.4, -0.2) is 17.0 Å². The highest BCUT2D eigenvalue weighted by Crippen LogP contribution is 2.47. The van der Waals surface area contributed by atoms with Crippen molar-refractivity contribution >= 4 is 5.97 Å². The lowest BCUT2D eigenvalue weighted by Crippen LogP contribution is -2.45. The van der Waals surface area contributed by atoms with Gasteiger partial charge in [0.25, 0.3) is 5.92 Å². The minimum absolute atomic E-state index is 0.0949. The summed E-state index contributed by atoms with van der Waals surface area (Å²) in [5.41, 5.74) is -0.278. The Morgan fingerprint density at radius 1 is 1.80 bits per heavy atom. The molecule has 10 heavy (non-hydrogen) atoms. The van der Waals surface area contributed by atoms with Gasteiger partial charge in [-0.05, 0) is 12.0 Å². The molecule has 0 aromatic rings. The van der Waals surface area contributed by atoms with Crippen molar-refractivity contribution in [2.24, 2.45) is 5.92 Å². The summed E-state index contributed by atoms with van der Waals surface area (Å²) in [4.78, 5) is 10.0. The van der Waals surface area contributed by atoms with Crippen molar-refractivity contribution in [3.63, 3.8) is 0 Å². The summed E-state index contributed by atoms with van der Waals surface area (Å²) in [5, 5.41) is 8.17. The monoisotopic (exact) mass is 148 g/mol. The number of hydrogen-bond donors (Lipinski definition) is 1. The number of hydrogen-bond acceptors (Lipinski definition) is 1. The van der Waals surface area contributed by atoms with E-state index in [-0.39, 0.29) is 12.0 Å². The minimum atomic E-state index is -3.17. The smallest absolute Gasteiger partial charge is 0.313 e. The highest BCUT2D eigenvalue weighted by atomic mass is 19.3. The Bertz CT molecular complexity index is 198. The number of rotatable bonds is 1. The molecule has 4 heteroatoms. The third-order valence-electron chi connectivity index (χ3n) is 1.66. The van der Waals surface area contributed by atoms with Crippen molar-refractivity contribution in [2.75, 3.05) is 0 Å². The molecule has 1 aliphatic rings. The molecule has 0 aromatic carbocycles. The normalized spacial score (nSPS) is 29.4. The molecule has 56 valence electrons. The van der Waals surface area contributed by atoms with Gasteiger partial charge in [0.1, 0.15) is 5.92 Å². The van der Waals surface area contributed by atoms with E-state index >= 15 is 0 Å². The van der Waals surface area contributed by atoms with Gasteiger partial charge in [0.05, 0.1) is 0 Å². The van der Waals surface area contributed by atoms with Crippen LogP contribution in [0.15, 0.2) is 12.2 Å². The van der Waals surface area contributed by atoms with Gasteiger partial charge in [0, 0.05) is 0 Å². The number of allylic oxidation sites excluding steroid dienone is 1. The van der Waals surface area contributed by atoms with Crippen LogP contribution in [0.2, 0.25) is 0 Å². The summed E-state index contributed by atoms with van der Waals surface area (Å²) < 4.78 is 24.7. The maximum atomic E-state index is 12.4. The van der Waals surface area contributed by atoms with Gasteiger partial charge in [0.2, 0.25) is 0 Å². The lowest BCUT2D eigenvalue weighted by Gasteiger charge is -2.35. The number of carbonyl (C=O) groups is 1. The Kier molecular flexibility index (Phi) is 1.28. The Hall–Kier alpha value is -0.930. The van der Waals surface area contributed by atoms with Crippen molar-refractivity contribution < 1.29 is 18.7 Å². The first-order valence-corrected chi connectivity index (χ1v) is 2.75. The molecule has 1 aliphatic carbocycles. The second-order valence-corrected chi connectivity index (χ2v) is 2.32. The highest BCUT2D eigenvalue weighted by Gasteiger charge is 2.56. The molecule has 1 unspecified atom stereocenters. The molecule has 0 aliphatic heterocycles. The molecule has 0 bridgehead atoms. The largest absolute Gasteiger partial charge is 0.481 e. The Morgan fingerprint density at radius 2 is 2.30 bits per heavy atom. The lowest BCUT2D eigenvalue weighted by atomic mass is 9.77. The summed E-state index contributed by atoms with van der Waals surface area (Å²) in [6.45, 7) is 3.03. The van der Waals surface area contributed by atoms with Crippen LogP contribution < -0.4 is 0 Å². The fraction of sp³-hybridized carbons (Fsp3) is 0.500. The van der Waals surface area contributed by atoms with Crippen molar-refractivity contribution in [3.8, 4) is 0 Å². The Labute approximate surface area is 56.2 Å². The predicted octanol–water partition coefficient (Wildman–Crippen LogP) is 1.28. The fourth-order valence-electron chi connectivity index (χ4n) is 0.868. The summed E-state index contributed by atoms with van der Waals surface area (Å²) in [5.74, 6) is -6.16. The number of alkyl halides is 2. The average Bonchev–Trinajstić information content (AvgIpc) is 1.82. The maximum absolute atomic E-state index is 12.4. The molecule has 1 rings (SSSR count). The molecule has 1 atom stereocenters. The van der Waals surface area contributed by atoms with E-state index in [1.807, 2.05) is 0 Å². The highest BCUT2D eigenvalue weighted by molar-refractivity contribution is 5.75. The first-order valence-electron chi connectivity index (χ1n) is 2.75. The number of halogens is 2. The van der Waals surface area contributed by atoms with Crippen LogP contribution in [0.25, 0.3) is 0 Å². The molecule has 0 heterocycles. The molecular formula is C6H6F2O2. The molecule has 1 N–H and O–H groups in total. The molecular weight excluding hydrogens is 142 g/mol. The number of carboxylic acids is 1. The molecule has 1 saturated carbocycles. The van der Waals surface area contributed by atoms with E-state index < -0.39 is 17.8 Å². The molecule has 1 fully saturated rings. The van der Waals surface area contributed by atoms with Gasteiger partial charge in [-0.1, -0.05) is 6.58 Å². The van der Waals surface area contributed by atoms with Crippen LogP contribution >= 0.6 is 0 Å². The van der Waals surface area contributed by atoms with Crippen molar-refractivity contribution in [2.45, 2.75) is 12.3 Å². The van der Waals surface area contributed by atoms with Crippen molar-refractivity contribution in [3.05, 3.63) is 12.2 Å². The molecule has 0 amide bonds. The van der Waals surface area contributed by atoms with E-state index in [2.05, 4.69) is 6.58 Å². The summed E-state index contributed by atoms with van der Waals surface area (Å²) in [6, 6.07) is 0. The SMILES string of the molecule is C=C1CC(C(=O)O)C1(F)F. The van der Waals surface area contributed by atoms with E-state index in [0.29, 0.717) is 0 Å². The van der Waals surface area contributed by atoms with Crippen LogP contribution in [-0.2, 0) is 4.79 Å². The second-order valence-electron chi connectivity index (χ2n) is 2.32. The first kappa shape index (κ1) is 7.18. The molecule has 2 nitrogen and oxygen atoms in total. The van der Waals surface area contributed by atoms with Crippen LogP contribution in [0.4, 0.5) is 8.78 Å². The van der Waals surface area contributed by atoms with Gasteiger partial charge in [-0.2, -0.15) is 0 Å². The van der Waals surface area contributed by atoms with Gasteiger partial charge >= 0.3 is 5.97 Å². The van der Waals surface area contributed by atoms with Gasteiger partial charge in [-0.25, -0.2) is 8.78 Å². The number of carboxylic acid groups (broad SMARTS) is 1. The predicted molar refractivity (Wildman–Crippen MR) is 29.8 cm³/mol. The molecule has 0 aromatic heterocycles. The van der Waals surface area contributed by atoms with Crippen LogP contribution in [0.1, 0.15) is 6.42 Å². The Balaban J connectivity index is 2.72. The Morgan fingerprint density at radius 3 is 2.40 bits per heavy atom. The zero-order valence-electron chi connectivity index (χ0n) is 5.10. The lowest BCUT2D eigenvalue weighted by molar-refractivity contribution is -0.161. The van der Waals surface area contributed by atoms with Crippen molar-refractivity contribution in [1.82, 2.24) is 0 Å². The van der Waals surface area contributed by atoms with Gasteiger partial charge in [-0.3, -0.25) is 4.79 Å². The zero-order chi connectivity index (χ0) is 7.94. The minimum Gasteiger partial charge on any atom is -0.481 e. The average molecular weight is 148 g/mol. The quantitative estimate of drug-likeness (QED) is 0.569. The van der Waals surface area contributed by atoms with Crippen LogP contribution in [0, 0.1) is 5.92 Å². The van der Waals surface area contributed by atoms with Gasteiger partial charge < -0.3 is 5.11 Å². The summed E-state index contributed by atoms with van der Waals surface area (Å²) in [7, 11) is 0. The van der Waals surface area contributed by atoms with Crippen LogP contribution in [0.5, 0.6) is 0 Å². The van der Waals surface area contributed by atoms with Gasteiger partial charge in [0.15, 0.2) is 0 Å². The summed E-state index contributed by atoms with van der Waals surface area (Å²) in [6.07, 6.45) is -0.0949. The standard InChI is InChI=1S/C6H6F2O2/c1-3-2-4(5(9)10)6(3,7)8/h4H,1-2H2,(H,9,10). The van der Waals surface area contributed by atoms with E-state index in [1.54, 1.807) is 0 Å². The third kappa shape index (κ3) is 0.716. The molecule has 0 spiro atoms. The van der Waals surface area contributed by atoms with Gasteiger partial charge in [-0.15, -0.1) is 0 Å². The van der Waals surface area contributed by atoms with Crippen LogP contribution in [0.3, 0.4) is 0 Å². The van der Waals surface area contributed by atoms with E-state index in [1.165, 1.54) is 0 Å². The topological polar surface area (TPSA) is 37.3 Å². The fourth-order valence-corrected chi connectivity index (χ4v) is 0.868. The maximum Gasteiger partial charge on any atom is 0.313 e. The molecule has 0 radical (unpaired) electrons. The number of aliphatic carboxylic acids is 1. The second kappa shape index (κ2) is 1.78. The van der Waals surface area contributed by atoms with E-state index in [9.17, 15) is 13.6 Å². The zero-order valence-corrected chi connectivity index (χ0v) is 5.10. The molecule has 0 saturated heterocycles. The summed E-state index contributed by atoms with van der Waals surface area (Å²) >= 11 is 0.